The zero-order chi connectivity index (χ0) is 18.0. The number of anilines is 1. The van der Waals surface area contributed by atoms with E-state index in [-0.39, 0.29) is 11.5 Å². The van der Waals surface area contributed by atoms with Crippen molar-refractivity contribution in [1.82, 2.24) is 9.78 Å². The van der Waals surface area contributed by atoms with Crippen molar-refractivity contribution in [2.24, 2.45) is 0 Å². The van der Waals surface area contributed by atoms with E-state index in [4.69, 9.17) is 9.15 Å². The number of nitrogens with zero attached hydrogens (tertiary/aromatic N) is 2. The Labute approximate surface area is 144 Å². The van der Waals surface area contributed by atoms with Gasteiger partial charge in [0.2, 0.25) is 0 Å². The van der Waals surface area contributed by atoms with E-state index >= 15 is 0 Å². The van der Waals surface area contributed by atoms with Gasteiger partial charge in [0.1, 0.15) is 17.2 Å². The molecule has 1 amide bonds. The summed E-state index contributed by atoms with van der Waals surface area (Å²) in [4.78, 5) is 24.6. The Morgan fingerprint density at radius 2 is 2.12 bits per heavy atom. The Balaban J connectivity index is 2.01. The van der Waals surface area contributed by atoms with Crippen molar-refractivity contribution in [3.05, 3.63) is 52.0 Å². The molecule has 0 aliphatic rings. The molecule has 2 heterocycles. The van der Waals surface area contributed by atoms with Gasteiger partial charge >= 0.3 is 5.63 Å². The SMILES string of the molecule is CCCn1nc(C)cc1NC(=O)c1cc(=O)oc2cc(OC)ccc12. The Kier molecular flexibility index (Phi) is 4.56. The smallest absolute Gasteiger partial charge is 0.337 e. The highest BCUT2D eigenvalue weighted by atomic mass is 16.5. The number of nitrogens with one attached hydrogen (secondary N) is 1. The summed E-state index contributed by atoms with van der Waals surface area (Å²) in [6, 6.07) is 7.98. The van der Waals surface area contributed by atoms with Crippen LogP contribution >= 0.6 is 0 Å². The summed E-state index contributed by atoms with van der Waals surface area (Å²) in [6.07, 6.45) is 0.891. The van der Waals surface area contributed by atoms with Crippen molar-refractivity contribution < 1.29 is 13.9 Å². The lowest BCUT2D eigenvalue weighted by molar-refractivity contribution is 0.102. The number of carbonyl (C=O) groups is 1. The van der Waals surface area contributed by atoms with E-state index in [1.165, 1.54) is 13.2 Å². The van der Waals surface area contributed by atoms with Crippen LogP contribution in [0.25, 0.3) is 11.0 Å². The molecule has 7 nitrogen and oxygen atoms in total. The van der Waals surface area contributed by atoms with Gasteiger partial charge in [0, 0.05) is 30.1 Å². The Hall–Kier alpha value is -3.09. The van der Waals surface area contributed by atoms with Crippen molar-refractivity contribution >= 4 is 22.7 Å². The predicted octanol–water partition coefficient (Wildman–Crippen LogP) is 2.97. The first-order chi connectivity index (χ1) is 12.0. The van der Waals surface area contributed by atoms with Gasteiger partial charge in [0.05, 0.1) is 18.4 Å². The summed E-state index contributed by atoms with van der Waals surface area (Å²) >= 11 is 0. The van der Waals surface area contributed by atoms with Crippen LogP contribution in [0.4, 0.5) is 5.82 Å². The molecule has 3 rings (SSSR count). The van der Waals surface area contributed by atoms with E-state index in [0.29, 0.717) is 29.1 Å². The molecule has 0 bridgehead atoms. The summed E-state index contributed by atoms with van der Waals surface area (Å²) in [5.41, 5.74) is 0.765. The van der Waals surface area contributed by atoms with E-state index < -0.39 is 5.63 Å². The zero-order valence-electron chi connectivity index (χ0n) is 14.3. The number of ether oxygens (including phenoxy) is 1. The molecule has 0 fully saturated rings. The van der Waals surface area contributed by atoms with E-state index in [1.807, 2.05) is 13.8 Å². The molecule has 0 saturated carbocycles. The van der Waals surface area contributed by atoms with Crippen molar-refractivity contribution in [3.8, 4) is 5.75 Å². The van der Waals surface area contributed by atoms with Crippen LogP contribution in [0.5, 0.6) is 5.75 Å². The van der Waals surface area contributed by atoms with E-state index in [0.717, 1.165) is 12.1 Å². The van der Waals surface area contributed by atoms with Crippen LogP contribution in [0.3, 0.4) is 0 Å². The molecule has 25 heavy (non-hydrogen) atoms. The maximum Gasteiger partial charge on any atom is 0.337 e. The van der Waals surface area contributed by atoms with Gasteiger partial charge < -0.3 is 14.5 Å². The zero-order valence-corrected chi connectivity index (χ0v) is 14.3. The molecule has 2 aromatic heterocycles. The van der Waals surface area contributed by atoms with Crippen LogP contribution < -0.4 is 15.7 Å². The average molecular weight is 341 g/mol. The molecule has 0 aliphatic carbocycles. The van der Waals surface area contributed by atoms with Crippen molar-refractivity contribution in [3.63, 3.8) is 0 Å². The second-order valence-corrected chi connectivity index (χ2v) is 5.69. The van der Waals surface area contributed by atoms with Gasteiger partial charge in [0.15, 0.2) is 0 Å². The summed E-state index contributed by atoms with van der Waals surface area (Å²) in [5, 5.41) is 7.72. The molecule has 3 aromatic rings. The number of hydrogen-bond acceptors (Lipinski definition) is 5. The Bertz CT molecular complexity index is 988. The fourth-order valence-corrected chi connectivity index (χ4v) is 2.67. The first-order valence-corrected chi connectivity index (χ1v) is 7.99. The highest BCUT2D eigenvalue weighted by Crippen LogP contribution is 2.23. The van der Waals surface area contributed by atoms with Gasteiger partial charge in [-0.3, -0.25) is 4.79 Å². The van der Waals surface area contributed by atoms with Gasteiger partial charge in [-0.1, -0.05) is 6.92 Å². The fraction of sp³-hybridized carbons (Fsp3) is 0.278. The largest absolute Gasteiger partial charge is 0.497 e. The van der Waals surface area contributed by atoms with Crippen molar-refractivity contribution in [1.29, 1.82) is 0 Å². The number of rotatable bonds is 5. The predicted molar refractivity (Wildman–Crippen MR) is 94.2 cm³/mol. The minimum atomic E-state index is -0.593. The average Bonchev–Trinajstić information content (AvgIpc) is 2.92. The number of amides is 1. The van der Waals surface area contributed by atoms with E-state index in [9.17, 15) is 9.59 Å². The molecular formula is C18H19N3O4. The number of methoxy groups -OCH3 is 1. The van der Waals surface area contributed by atoms with Crippen LogP contribution in [0, 0.1) is 6.92 Å². The minimum Gasteiger partial charge on any atom is -0.497 e. The number of benzene rings is 1. The first-order valence-electron chi connectivity index (χ1n) is 7.99. The number of fused-ring (bicyclic) bond motifs is 1. The standard InChI is InChI=1S/C18H19N3O4/c1-4-7-21-16(8-11(2)20-21)19-18(23)14-10-17(22)25-15-9-12(24-3)5-6-13(14)15/h5-6,8-10H,4,7H2,1-3H3,(H,19,23). The fourth-order valence-electron chi connectivity index (χ4n) is 2.67. The summed E-state index contributed by atoms with van der Waals surface area (Å²) in [6.45, 7) is 4.59. The Morgan fingerprint density at radius 1 is 1.32 bits per heavy atom. The molecule has 1 N–H and O–H groups in total. The molecule has 0 spiro atoms. The van der Waals surface area contributed by atoms with Gasteiger partial charge in [-0.2, -0.15) is 5.10 Å². The van der Waals surface area contributed by atoms with Crippen LogP contribution in [0.1, 0.15) is 29.4 Å². The quantitative estimate of drug-likeness (QED) is 0.721. The second kappa shape index (κ2) is 6.80. The van der Waals surface area contributed by atoms with E-state index in [1.54, 1.807) is 28.9 Å². The third-order valence-corrected chi connectivity index (χ3v) is 3.78. The molecule has 0 aliphatic heterocycles. The third kappa shape index (κ3) is 3.40. The van der Waals surface area contributed by atoms with Crippen LogP contribution in [-0.2, 0) is 6.54 Å². The topological polar surface area (TPSA) is 86.4 Å². The lowest BCUT2D eigenvalue weighted by atomic mass is 10.1. The first kappa shape index (κ1) is 16.8. The molecule has 0 radical (unpaired) electrons. The lowest BCUT2D eigenvalue weighted by Crippen LogP contribution is -2.18. The second-order valence-electron chi connectivity index (χ2n) is 5.69. The van der Waals surface area contributed by atoms with Gasteiger partial charge in [0.25, 0.3) is 5.91 Å². The summed E-state index contributed by atoms with van der Waals surface area (Å²) < 4.78 is 12.0. The lowest BCUT2D eigenvalue weighted by Gasteiger charge is -2.09. The van der Waals surface area contributed by atoms with Crippen LogP contribution in [0.2, 0.25) is 0 Å². The minimum absolute atomic E-state index is 0.246. The molecule has 0 atom stereocenters. The van der Waals surface area contributed by atoms with Crippen molar-refractivity contribution in [2.45, 2.75) is 26.8 Å². The van der Waals surface area contributed by atoms with E-state index in [2.05, 4.69) is 10.4 Å². The molecule has 1 aromatic carbocycles. The number of hydrogen-bond donors (Lipinski definition) is 1. The van der Waals surface area contributed by atoms with Gasteiger partial charge in [-0.15, -0.1) is 0 Å². The van der Waals surface area contributed by atoms with Gasteiger partial charge in [-0.25, -0.2) is 9.48 Å². The molecule has 7 heteroatoms. The summed E-state index contributed by atoms with van der Waals surface area (Å²) in [7, 11) is 1.52. The highest BCUT2D eigenvalue weighted by Gasteiger charge is 2.16. The highest BCUT2D eigenvalue weighted by molar-refractivity contribution is 6.11. The Morgan fingerprint density at radius 3 is 2.84 bits per heavy atom. The maximum atomic E-state index is 12.7. The molecular weight excluding hydrogens is 322 g/mol. The van der Waals surface area contributed by atoms with Crippen LogP contribution in [-0.4, -0.2) is 22.8 Å². The van der Waals surface area contributed by atoms with Crippen molar-refractivity contribution in [2.75, 3.05) is 12.4 Å². The monoisotopic (exact) mass is 341 g/mol. The summed E-state index contributed by atoms with van der Waals surface area (Å²) in [5.74, 6) is 0.754. The number of aromatic nitrogens is 2. The number of carbonyl (C=O) groups excluding carboxylic acids is 1. The van der Waals surface area contributed by atoms with Crippen LogP contribution in [0.15, 0.2) is 39.5 Å². The third-order valence-electron chi connectivity index (χ3n) is 3.78. The number of aryl methyl sites for hydroxylation is 2. The molecule has 0 unspecified atom stereocenters. The molecule has 130 valence electrons. The maximum absolute atomic E-state index is 12.7. The van der Waals surface area contributed by atoms with Gasteiger partial charge in [-0.05, 0) is 25.5 Å². The normalized spacial score (nSPS) is 10.8. The molecule has 0 saturated heterocycles.